The Hall–Kier alpha value is -2.47. The van der Waals surface area contributed by atoms with Crippen molar-refractivity contribution in [1.82, 2.24) is 9.78 Å². The maximum atomic E-state index is 11.2. The Morgan fingerprint density at radius 1 is 1.00 bits per heavy atom. The van der Waals surface area contributed by atoms with Crippen molar-refractivity contribution in [3.05, 3.63) is 71.9 Å². The Bertz CT molecular complexity index is 895. The molecule has 2 aromatic carbocycles. The quantitative estimate of drug-likeness (QED) is 0.664. The van der Waals surface area contributed by atoms with E-state index >= 15 is 0 Å². The first kappa shape index (κ1) is 17.9. The third-order valence-electron chi connectivity index (χ3n) is 5.40. The molecule has 0 bridgehead atoms. The van der Waals surface area contributed by atoms with Gasteiger partial charge in [-0.25, -0.2) is 4.68 Å². The first-order valence-electron chi connectivity index (χ1n) is 9.36. The number of aromatic nitrogens is 2. The van der Waals surface area contributed by atoms with Crippen molar-refractivity contribution >= 4 is 0 Å². The van der Waals surface area contributed by atoms with E-state index in [-0.39, 0.29) is 12.7 Å². The molecular weight excluding hydrogens is 340 g/mol. The average Bonchev–Trinajstić information content (AvgIpc) is 3.17. The molecule has 0 aliphatic heterocycles. The van der Waals surface area contributed by atoms with Crippen LogP contribution < -0.4 is 0 Å². The van der Waals surface area contributed by atoms with Crippen molar-refractivity contribution < 1.29 is 15.3 Å². The highest BCUT2D eigenvalue weighted by Gasteiger charge is 2.37. The van der Waals surface area contributed by atoms with Crippen LogP contribution in [-0.2, 0) is 12.2 Å². The smallest absolute Gasteiger partial charge is 0.109 e. The SMILES string of the molecule is OCc1ccc(-n2nc(C3(O)CCC(O)CC3)cc2-c2ccccc2)cc1. The van der Waals surface area contributed by atoms with Gasteiger partial charge in [0.1, 0.15) is 5.60 Å². The van der Waals surface area contributed by atoms with E-state index in [1.54, 1.807) is 0 Å². The summed E-state index contributed by atoms with van der Waals surface area (Å²) in [6.45, 7) is -0.00173. The average molecular weight is 364 g/mol. The number of nitrogens with zero attached hydrogens (tertiary/aromatic N) is 2. The molecule has 140 valence electrons. The van der Waals surface area contributed by atoms with Gasteiger partial charge in [0.2, 0.25) is 0 Å². The second-order valence-corrected chi connectivity index (χ2v) is 7.28. The van der Waals surface area contributed by atoms with Crippen LogP contribution in [0.15, 0.2) is 60.7 Å². The normalized spacial score (nSPS) is 22.7. The molecule has 3 aromatic rings. The van der Waals surface area contributed by atoms with Crippen LogP contribution in [0.3, 0.4) is 0 Å². The van der Waals surface area contributed by atoms with E-state index in [1.807, 2.05) is 65.3 Å². The molecule has 1 aliphatic rings. The summed E-state index contributed by atoms with van der Waals surface area (Å²) in [6, 6.07) is 19.5. The second kappa shape index (κ2) is 7.27. The molecule has 3 N–H and O–H groups in total. The molecule has 0 spiro atoms. The van der Waals surface area contributed by atoms with Crippen molar-refractivity contribution in [2.24, 2.45) is 0 Å². The highest BCUT2D eigenvalue weighted by molar-refractivity contribution is 5.63. The molecule has 1 aromatic heterocycles. The van der Waals surface area contributed by atoms with Gasteiger partial charge in [0.25, 0.3) is 0 Å². The third kappa shape index (κ3) is 3.54. The van der Waals surface area contributed by atoms with E-state index in [0.29, 0.717) is 31.4 Å². The fraction of sp³-hybridized carbons (Fsp3) is 0.318. The molecule has 5 nitrogen and oxygen atoms in total. The van der Waals surface area contributed by atoms with Crippen molar-refractivity contribution in [3.63, 3.8) is 0 Å². The lowest BCUT2D eigenvalue weighted by Crippen LogP contribution is -2.33. The molecule has 27 heavy (non-hydrogen) atoms. The number of aliphatic hydroxyl groups is 3. The summed E-state index contributed by atoms with van der Waals surface area (Å²) in [5.74, 6) is 0. The fourth-order valence-electron chi connectivity index (χ4n) is 3.70. The molecule has 0 atom stereocenters. The van der Waals surface area contributed by atoms with Crippen LogP contribution in [0.1, 0.15) is 36.9 Å². The van der Waals surface area contributed by atoms with Gasteiger partial charge >= 0.3 is 0 Å². The topological polar surface area (TPSA) is 78.5 Å². The summed E-state index contributed by atoms with van der Waals surface area (Å²) >= 11 is 0. The van der Waals surface area contributed by atoms with Crippen LogP contribution in [0, 0.1) is 0 Å². The zero-order valence-corrected chi connectivity index (χ0v) is 15.1. The van der Waals surface area contributed by atoms with Gasteiger partial charge in [-0.2, -0.15) is 5.10 Å². The predicted octanol–water partition coefficient (Wildman–Crippen LogP) is 3.15. The van der Waals surface area contributed by atoms with Crippen molar-refractivity contribution in [3.8, 4) is 16.9 Å². The van der Waals surface area contributed by atoms with Crippen LogP contribution in [0.4, 0.5) is 0 Å². The van der Waals surface area contributed by atoms with Crippen molar-refractivity contribution in [1.29, 1.82) is 0 Å². The highest BCUT2D eigenvalue weighted by Crippen LogP contribution is 2.38. The maximum absolute atomic E-state index is 11.2. The van der Waals surface area contributed by atoms with E-state index in [2.05, 4.69) is 0 Å². The number of aliphatic hydroxyl groups excluding tert-OH is 2. The van der Waals surface area contributed by atoms with Gasteiger partial charge in [0.15, 0.2) is 0 Å². The number of hydrogen-bond donors (Lipinski definition) is 3. The van der Waals surface area contributed by atoms with Gasteiger partial charge in [0, 0.05) is 5.56 Å². The Morgan fingerprint density at radius 2 is 1.67 bits per heavy atom. The molecule has 1 heterocycles. The lowest BCUT2D eigenvalue weighted by molar-refractivity contribution is -0.0393. The zero-order valence-electron chi connectivity index (χ0n) is 15.1. The molecule has 1 aliphatic carbocycles. The van der Waals surface area contributed by atoms with Crippen LogP contribution in [0.5, 0.6) is 0 Å². The van der Waals surface area contributed by atoms with Crippen molar-refractivity contribution in [2.75, 3.05) is 0 Å². The Morgan fingerprint density at radius 3 is 2.30 bits per heavy atom. The van der Waals surface area contributed by atoms with E-state index in [0.717, 1.165) is 22.5 Å². The minimum absolute atomic E-state index is 0.00173. The summed E-state index contributed by atoms with van der Waals surface area (Å²) in [5.41, 5.74) is 3.26. The molecule has 0 saturated heterocycles. The van der Waals surface area contributed by atoms with Crippen LogP contribution in [0.2, 0.25) is 0 Å². The molecular formula is C22H24N2O3. The maximum Gasteiger partial charge on any atom is 0.109 e. The molecule has 4 rings (SSSR count). The van der Waals surface area contributed by atoms with Crippen molar-refractivity contribution in [2.45, 2.75) is 44.0 Å². The largest absolute Gasteiger partial charge is 0.393 e. The van der Waals surface area contributed by atoms with Gasteiger partial charge in [-0.3, -0.25) is 0 Å². The van der Waals surface area contributed by atoms with Gasteiger partial charge in [-0.1, -0.05) is 42.5 Å². The standard InChI is InChI=1S/C22H24N2O3/c25-15-16-6-8-18(9-7-16)24-20(17-4-2-1-3-5-17)14-21(23-24)22(27)12-10-19(26)11-13-22/h1-9,14,19,25-27H,10-13,15H2. The fourth-order valence-corrected chi connectivity index (χ4v) is 3.70. The lowest BCUT2D eigenvalue weighted by atomic mass is 9.81. The minimum Gasteiger partial charge on any atom is -0.393 e. The van der Waals surface area contributed by atoms with E-state index in [1.165, 1.54) is 0 Å². The van der Waals surface area contributed by atoms with Gasteiger partial charge in [0.05, 0.1) is 29.8 Å². The number of rotatable bonds is 4. The molecule has 0 amide bonds. The molecule has 0 unspecified atom stereocenters. The summed E-state index contributed by atoms with van der Waals surface area (Å²) in [6.07, 6.45) is 1.82. The molecule has 0 radical (unpaired) electrons. The summed E-state index contributed by atoms with van der Waals surface area (Å²) in [5, 5.41) is 35.0. The minimum atomic E-state index is -1.01. The predicted molar refractivity (Wildman–Crippen MR) is 103 cm³/mol. The van der Waals surface area contributed by atoms with Crippen LogP contribution in [0.25, 0.3) is 16.9 Å². The number of benzene rings is 2. The monoisotopic (exact) mass is 364 g/mol. The third-order valence-corrected chi connectivity index (χ3v) is 5.40. The van der Waals surface area contributed by atoms with Gasteiger partial charge in [-0.15, -0.1) is 0 Å². The summed E-state index contributed by atoms with van der Waals surface area (Å²) in [7, 11) is 0. The lowest BCUT2D eigenvalue weighted by Gasteiger charge is -2.32. The molecule has 1 fully saturated rings. The molecule has 1 saturated carbocycles. The van der Waals surface area contributed by atoms with Crippen LogP contribution in [-0.4, -0.2) is 31.2 Å². The second-order valence-electron chi connectivity index (χ2n) is 7.28. The zero-order chi connectivity index (χ0) is 18.9. The number of hydrogen-bond acceptors (Lipinski definition) is 4. The Labute approximate surface area is 158 Å². The summed E-state index contributed by atoms with van der Waals surface area (Å²) < 4.78 is 1.84. The van der Waals surface area contributed by atoms with Gasteiger partial charge < -0.3 is 15.3 Å². The van der Waals surface area contributed by atoms with E-state index < -0.39 is 5.60 Å². The molecule has 5 heteroatoms. The van der Waals surface area contributed by atoms with E-state index in [4.69, 9.17) is 5.10 Å². The Kier molecular flexibility index (Phi) is 4.83. The first-order chi connectivity index (χ1) is 13.1. The first-order valence-corrected chi connectivity index (χ1v) is 9.36. The van der Waals surface area contributed by atoms with E-state index in [9.17, 15) is 15.3 Å². The summed E-state index contributed by atoms with van der Waals surface area (Å²) in [4.78, 5) is 0. The Balaban J connectivity index is 1.80. The van der Waals surface area contributed by atoms with Crippen LogP contribution >= 0.6 is 0 Å². The van der Waals surface area contributed by atoms with Gasteiger partial charge in [-0.05, 0) is 49.4 Å². The highest BCUT2D eigenvalue weighted by atomic mass is 16.3.